The number of nitro benzene ring substituents is 1. The standard InChI is InChI=1S/C29H19ClFN5O5/c30-20-14-19(27(25(15-20)36(39)40)41-17-26(37)33-22-12-10-21(31)11-13-22)16-32-35-28(18-6-2-1-3-7-18)34-24-9-5-4-8-23(24)29(35)38/h1-16H,17H2,(H,33,37). The van der Waals surface area contributed by atoms with Crippen molar-refractivity contribution in [3.05, 3.63) is 128 Å². The van der Waals surface area contributed by atoms with E-state index in [9.17, 15) is 24.1 Å². The number of nitrogens with one attached hydrogen (secondary N) is 1. The highest BCUT2D eigenvalue weighted by molar-refractivity contribution is 6.31. The molecule has 5 rings (SSSR count). The maximum atomic E-state index is 13.4. The minimum absolute atomic E-state index is 0.00790. The minimum Gasteiger partial charge on any atom is -0.476 e. The molecule has 0 radical (unpaired) electrons. The molecule has 0 saturated heterocycles. The number of halogens is 2. The molecule has 0 aliphatic rings. The van der Waals surface area contributed by atoms with Gasteiger partial charge in [0.2, 0.25) is 5.75 Å². The van der Waals surface area contributed by atoms with Crippen molar-refractivity contribution >= 4 is 46.0 Å². The largest absolute Gasteiger partial charge is 0.476 e. The van der Waals surface area contributed by atoms with Crippen molar-refractivity contribution in [1.29, 1.82) is 0 Å². The average Bonchev–Trinajstić information content (AvgIpc) is 2.97. The number of fused-ring (bicyclic) bond motifs is 1. The Bertz CT molecular complexity index is 1860. The van der Waals surface area contributed by atoms with Gasteiger partial charge in [0.15, 0.2) is 12.4 Å². The molecule has 12 heteroatoms. The number of hydrogen-bond acceptors (Lipinski definition) is 7. The predicted molar refractivity (Wildman–Crippen MR) is 153 cm³/mol. The molecule has 41 heavy (non-hydrogen) atoms. The minimum atomic E-state index is -0.713. The molecule has 0 aliphatic carbocycles. The third-order valence-electron chi connectivity index (χ3n) is 5.83. The third-order valence-corrected chi connectivity index (χ3v) is 6.05. The molecule has 1 aromatic heterocycles. The van der Waals surface area contributed by atoms with Crippen LogP contribution in [0, 0.1) is 15.9 Å². The van der Waals surface area contributed by atoms with Crippen LogP contribution in [0.15, 0.2) is 101 Å². The van der Waals surface area contributed by atoms with E-state index in [-0.39, 0.29) is 22.2 Å². The lowest BCUT2D eigenvalue weighted by Gasteiger charge is -2.12. The van der Waals surface area contributed by atoms with Crippen LogP contribution >= 0.6 is 11.6 Å². The number of carbonyl (C=O) groups excluding carboxylic acids is 1. The van der Waals surface area contributed by atoms with Crippen LogP contribution in [-0.4, -0.2) is 33.3 Å². The van der Waals surface area contributed by atoms with Crippen molar-refractivity contribution in [2.24, 2.45) is 5.10 Å². The van der Waals surface area contributed by atoms with Gasteiger partial charge in [-0.15, -0.1) is 0 Å². The lowest BCUT2D eigenvalue weighted by atomic mass is 10.2. The summed E-state index contributed by atoms with van der Waals surface area (Å²) >= 11 is 6.15. The number of hydrogen-bond donors (Lipinski definition) is 1. The molecular formula is C29H19ClFN5O5. The van der Waals surface area contributed by atoms with Gasteiger partial charge < -0.3 is 10.1 Å². The summed E-state index contributed by atoms with van der Waals surface area (Å²) in [5.74, 6) is -1.18. The Kier molecular flexibility index (Phi) is 7.79. The van der Waals surface area contributed by atoms with Gasteiger partial charge in [0.1, 0.15) is 5.82 Å². The summed E-state index contributed by atoms with van der Waals surface area (Å²) in [4.78, 5) is 41.6. The number of nitro groups is 1. The maximum absolute atomic E-state index is 13.4. The first-order valence-corrected chi connectivity index (χ1v) is 12.5. The number of ether oxygens (including phenoxy) is 1. The van der Waals surface area contributed by atoms with Crippen LogP contribution in [0.5, 0.6) is 5.75 Å². The zero-order valence-electron chi connectivity index (χ0n) is 21.0. The fraction of sp³-hybridized carbons (Fsp3) is 0.0345. The van der Waals surface area contributed by atoms with Crippen molar-refractivity contribution in [3.63, 3.8) is 0 Å². The summed E-state index contributed by atoms with van der Waals surface area (Å²) in [6, 6.07) is 23.2. The van der Waals surface area contributed by atoms with Crippen molar-refractivity contribution < 1.29 is 18.8 Å². The number of anilines is 1. The fourth-order valence-corrected chi connectivity index (χ4v) is 4.20. The quantitative estimate of drug-likeness (QED) is 0.145. The summed E-state index contributed by atoms with van der Waals surface area (Å²) in [6.45, 7) is -0.618. The molecule has 1 amide bonds. The molecule has 0 fully saturated rings. The predicted octanol–water partition coefficient (Wildman–Crippen LogP) is 5.66. The summed E-state index contributed by atoms with van der Waals surface area (Å²) in [5, 5.41) is 19.0. The van der Waals surface area contributed by atoms with Crippen molar-refractivity contribution in [2.75, 3.05) is 11.9 Å². The fourth-order valence-electron chi connectivity index (χ4n) is 3.98. The monoisotopic (exact) mass is 571 g/mol. The number of nitrogens with zero attached hydrogens (tertiary/aromatic N) is 4. The second-order valence-corrected chi connectivity index (χ2v) is 9.06. The first kappa shape index (κ1) is 27.2. The Morgan fingerprint density at radius 2 is 1.78 bits per heavy atom. The van der Waals surface area contributed by atoms with Crippen molar-refractivity contribution in [1.82, 2.24) is 9.66 Å². The Morgan fingerprint density at radius 3 is 2.51 bits per heavy atom. The first-order chi connectivity index (χ1) is 19.8. The smallest absolute Gasteiger partial charge is 0.313 e. The molecule has 204 valence electrons. The lowest BCUT2D eigenvalue weighted by molar-refractivity contribution is -0.385. The van der Waals surface area contributed by atoms with E-state index in [4.69, 9.17) is 16.3 Å². The molecule has 0 aliphatic heterocycles. The molecule has 1 heterocycles. The molecule has 5 aromatic rings. The molecule has 0 atom stereocenters. The summed E-state index contributed by atoms with van der Waals surface area (Å²) in [6.07, 6.45) is 1.18. The molecule has 0 spiro atoms. The zero-order valence-corrected chi connectivity index (χ0v) is 21.8. The van der Waals surface area contributed by atoms with Crippen molar-refractivity contribution in [2.45, 2.75) is 0 Å². The zero-order chi connectivity index (χ0) is 28.9. The van der Waals surface area contributed by atoms with Gasteiger partial charge >= 0.3 is 5.69 Å². The van der Waals surface area contributed by atoms with E-state index in [1.54, 1.807) is 48.5 Å². The van der Waals surface area contributed by atoms with Gasteiger partial charge in [-0.2, -0.15) is 9.78 Å². The number of carbonyl (C=O) groups is 1. The van der Waals surface area contributed by atoms with Gasteiger partial charge in [0.25, 0.3) is 11.5 Å². The number of aromatic nitrogens is 2. The van der Waals surface area contributed by atoms with Gasteiger partial charge in [-0.25, -0.2) is 9.37 Å². The van der Waals surface area contributed by atoms with Crippen LogP contribution < -0.4 is 15.6 Å². The highest BCUT2D eigenvalue weighted by Crippen LogP contribution is 2.34. The van der Waals surface area contributed by atoms with E-state index < -0.39 is 34.5 Å². The van der Waals surface area contributed by atoms with Crippen LogP contribution in [0.4, 0.5) is 15.8 Å². The highest BCUT2D eigenvalue weighted by Gasteiger charge is 2.22. The van der Waals surface area contributed by atoms with Gasteiger partial charge in [0.05, 0.1) is 22.0 Å². The topological polar surface area (TPSA) is 129 Å². The van der Waals surface area contributed by atoms with Gasteiger partial charge in [-0.05, 0) is 42.5 Å². The number of para-hydroxylation sites is 1. The van der Waals surface area contributed by atoms with Crippen LogP contribution in [0.25, 0.3) is 22.3 Å². The SMILES string of the molecule is O=C(COc1c(C=Nn2c(-c3ccccc3)nc3ccccc3c2=O)cc(Cl)cc1[N+](=O)[O-])Nc1ccc(F)cc1. The Morgan fingerprint density at radius 1 is 1.07 bits per heavy atom. The number of rotatable bonds is 8. The Balaban J connectivity index is 1.54. The van der Waals surface area contributed by atoms with E-state index in [0.717, 1.165) is 10.7 Å². The normalized spacial score (nSPS) is 11.1. The van der Waals surface area contributed by atoms with Crippen LogP contribution in [0.2, 0.25) is 5.02 Å². The molecule has 0 bridgehead atoms. The molecular weight excluding hydrogens is 553 g/mol. The molecule has 4 aromatic carbocycles. The summed E-state index contributed by atoms with van der Waals surface area (Å²) in [5.41, 5.74) is 0.446. The van der Waals surface area contributed by atoms with E-state index in [1.807, 2.05) is 6.07 Å². The van der Waals surface area contributed by atoms with E-state index in [2.05, 4.69) is 15.4 Å². The first-order valence-electron chi connectivity index (χ1n) is 12.1. The Hall–Kier alpha value is -5.42. The van der Waals surface area contributed by atoms with Gasteiger partial charge in [-0.3, -0.25) is 19.7 Å². The van der Waals surface area contributed by atoms with E-state index in [0.29, 0.717) is 22.2 Å². The molecule has 0 saturated carbocycles. The van der Waals surface area contributed by atoms with E-state index >= 15 is 0 Å². The second-order valence-electron chi connectivity index (χ2n) is 8.62. The molecule has 0 unspecified atom stereocenters. The lowest BCUT2D eigenvalue weighted by Crippen LogP contribution is -2.21. The second kappa shape index (κ2) is 11.8. The third kappa shape index (κ3) is 6.10. The summed E-state index contributed by atoms with van der Waals surface area (Å²) < 4.78 is 19.8. The Labute approximate surface area is 236 Å². The molecule has 10 nitrogen and oxygen atoms in total. The van der Waals surface area contributed by atoms with Gasteiger partial charge in [0, 0.05) is 27.9 Å². The van der Waals surface area contributed by atoms with Crippen LogP contribution in [0.1, 0.15) is 5.56 Å². The van der Waals surface area contributed by atoms with E-state index in [1.165, 1.54) is 36.5 Å². The number of benzene rings is 4. The highest BCUT2D eigenvalue weighted by atomic mass is 35.5. The number of amides is 1. The average molecular weight is 572 g/mol. The molecule has 1 N–H and O–H groups in total. The van der Waals surface area contributed by atoms with Crippen molar-refractivity contribution in [3.8, 4) is 17.1 Å². The van der Waals surface area contributed by atoms with Gasteiger partial charge in [-0.1, -0.05) is 54.1 Å². The summed E-state index contributed by atoms with van der Waals surface area (Å²) in [7, 11) is 0. The van der Waals surface area contributed by atoms with Crippen LogP contribution in [-0.2, 0) is 4.79 Å². The maximum Gasteiger partial charge on any atom is 0.313 e. The van der Waals surface area contributed by atoms with Crippen LogP contribution in [0.3, 0.4) is 0 Å².